The highest BCUT2D eigenvalue weighted by Crippen LogP contribution is 2.16. The number of hydrogen-bond acceptors (Lipinski definition) is 4. The number of carbonyl (C=O) groups is 1. The van der Waals surface area contributed by atoms with Crippen LogP contribution in [0.15, 0.2) is 12.3 Å². The minimum atomic E-state index is -0.737. The van der Waals surface area contributed by atoms with Crippen molar-refractivity contribution < 1.29 is 9.18 Å². The van der Waals surface area contributed by atoms with Crippen molar-refractivity contribution in [3.05, 3.63) is 23.6 Å². The largest absolute Gasteiger partial charge is 0.349 e. The second-order valence-electron chi connectivity index (χ2n) is 4.50. The Morgan fingerprint density at radius 2 is 2.11 bits per heavy atom. The molecule has 1 rings (SSSR count). The zero-order valence-electron chi connectivity index (χ0n) is 11.5. The zero-order chi connectivity index (χ0) is 14.4. The normalized spacial score (nSPS) is 12.3. The number of nitrogens with zero attached hydrogens (tertiary/aromatic N) is 1. The fourth-order valence-electron chi connectivity index (χ4n) is 2.12. The molecule has 0 radical (unpaired) electrons. The summed E-state index contributed by atoms with van der Waals surface area (Å²) < 4.78 is 13.9. The van der Waals surface area contributed by atoms with Crippen molar-refractivity contribution in [1.82, 2.24) is 10.3 Å². The highest BCUT2D eigenvalue weighted by Gasteiger charge is 2.20. The highest BCUT2D eigenvalue weighted by molar-refractivity contribution is 5.95. The van der Waals surface area contributed by atoms with Gasteiger partial charge in [0.25, 0.3) is 5.91 Å². The lowest BCUT2D eigenvalue weighted by molar-refractivity contribution is 0.0921. The first-order valence-corrected chi connectivity index (χ1v) is 6.47. The Morgan fingerprint density at radius 1 is 1.47 bits per heavy atom. The van der Waals surface area contributed by atoms with E-state index >= 15 is 0 Å². The summed E-state index contributed by atoms with van der Waals surface area (Å²) in [7, 11) is 0. The second kappa shape index (κ2) is 7.04. The maximum atomic E-state index is 13.9. The molecule has 1 atom stereocenters. The van der Waals surface area contributed by atoms with Gasteiger partial charge in [-0.2, -0.15) is 0 Å². The van der Waals surface area contributed by atoms with Gasteiger partial charge in [0, 0.05) is 12.2 Å². The Hall–Kier alpha value is -1.69. The number of amides is 1. The van der Waals surface area contributed by atoms with E-state index in [1.807, 2.05) is 6.92 Å². The Bertz CT molecular complexity index is 435. The van der Waals surface area contributed by atoms with Crippen LogP contribution in [0.1, 0.15) is 44.0 Å². The van der Waals surface area contributed by atoms with Crippen LogP contribution in [0.2, 0.25) is 0 Å². The molecule has 1 unspecified atom stereocenters. The Labute approximate surface area is 112 Å². The van der Waals surface area contributed by atoms with Crippen molar-refractivity contribution in [2.24, 2.45) is 11.8 Å². The number of halogens is 1. The summed E-state index contributed by atoms with van der Waals surface area (Å²) in [6.45, 7) is 6.07. The van der Waals surface area contributed by atoms with Gasteiger partial charge in [-0.15, -0.1) is 0 Å². The molecule has 106 valence electrons. The third-order valence-corrected chi connectivity index (χ3v) is 3.39. The molecule has 19 heavy (non-hydrogen) atoms. The van der Waals surface area contributed by atoms with Crippen molar-refractivity contribution in [1.29, 1.82) is 0 Å². The van der Waals surface area contributed by atoms with Crippen LogP contribution in [-0.4, -0.2) is 16.9 Å². The number of nitrogen functional groups attached to an aromatic ring is 1. The maximum Gasteiger partial charge on any atom is 0.254 e. The minimum absolute atomic E-state index is 0.00986. The van der Waals surface area contributed by atoms with Crippen molar-refractivity contribution in [3.63, 3.8) is 0 Å². The van der Waals surface area contributed by atoms with Gasteiger partial charge in [-0.3, -0.25) is 4.79 Å². The summed E-state index contributed by atoms with van der Waals surface area (Å²) in [6, 6.07) is 1.33. The van der Waals surface area contributed by atoms with E-state index < -0.39 is 11.7 Å². The van der Waals surface area contributed by atoms with E-state index in [1.54, 1.807) is 0 Å². The lowest BCUT2D eigenvalue weighted by atomic mass is 9.95. The van der Waals surface area contributed by atoms with Gasteiger partial charge in [0.05, 0.1) is 5.56 Å². The average molecular weight is 268 g/mol. The number of carbonyl (C=O) groups excluding carboxylic acids is 1. The first kappa shape index (κ1) is 15.4. The maximum absolute atomic E-state index is 13.9. The summed E-state index contributed by atoms with van der Waals surface area (Å²) in [5.41, 5.74) is 2.07. The number of hydrazine groups is 1. The summed E-state index contributed by atoms with van der Waals surface area (Å²) in [5, 5.41) is 2.81. The van der Waals surface area contributed by atoms with Crippen LogP contribution >= 0.6 is 0 Å². The van der Waals surface area contributed by atoms with Crippen molar-refractivity contribution in [2.75, 3.05) is 5.43 Å². The number of nitrogens with one attached hydrogen (secondary N) is 2. The lowest BCUT2D eigenvalue weighted by Gasteiger charge is -2.22. The van der Waals surface area contributed by atoms with Crippen LogP contribution < -0.4 is 16.6 Å². The van der Waals surface area contributed by atoms with E-state index in [0.29, 0.717) is 5.92 Å². The van der Waals surface area contributed by atoms with Crippen LogP contribution in [0.4, 0.5) is 10.2 Å². The standard InChI is InChI=1S/C13H21FN4O/c1-4-9(5-2)8(3)17-13(19)10-6-7-16-12(18-15)11(10)14/h6-9H,4-5,15H2,1-3H3,(H,16,18)(H,17,19). The number of aromatic nitrogens is 1. The van der Waals surface area contributed by atoms with Crippen LogP contribution in [0.25, 0.3) is 0 Å². The van der Waals surface area contributed by atoms with Crippen LogP contribution in [-0.2, 0) is 0 Å². The SMILES string of the molecule is CCC(CC)C(C)NC(=O)c1ccnc(NN)c1F. The fraction of sp³-hybridized carbons (Fsp3) is 0.538. The number of anilines is 1. The summed E-state index contributed by atoms with van der Waals surface area (Å²) >= 11 is 0. The number of hydrogen-bond donors (Lipinski definition) is 3. The fourth-order valence-corrected chi connectivity index (χ4v) is 2.12. The van der Waals surface area contributed by atoms with E-state index in [-0.39, 0.29) is 17.4 Å². The van der Waals surface area contributed by atoms with Gasteiger partial charge in [0.1, 0.15) is 0 Å². The molecular weight excluding hydrogens is 247 g/mol. The van der Waals surface area contributed by atoms with Crippen LogP contribution in [0, 0.1) is 11.7 Å². The molecule has 4 N–H and O–H groups in total. The van der Waals surface area contributed by atoms with Gasteiger partial charge in [-0.1, -0.05) is 26.7 Å². The van der Waals surface area contributed by atoms with Crippen LogP contribution in [0.5, 0.6) is 0 Å². The van der Waals surface area contributed by atoms with E-state index in [1.165, 1.54) is 12.3 Å². The van der Waals surface area contributed by atoms with Crippen molar-refractivity contribution in [2.45, 2.75) is 39.7 Å². The molecular formula is C13H21FN4O. The van der Waals surface area contributed by atoms with E-state index in [2.05, 4.69) is 29.6 Å². The molecule has 1 heterocycles. The number of pyridine rings is 1. The Balaban J connectivity index is 2.84. The highest BCUT2D eigenvalue weighted by atomic mass is 19.1. The first-order chi connectivity index (χ1) is 9.04. The zero-order valence-corrected chi connectivity index (χ0v) is 11.5. The van der Waals surface area contributed by atoms with Gasteiger partial charge >= 0.3 is 0 Å². The molecule has 1 aromatic heterocycles. The average Bonchev–Trinajstić information content (AvgIpc) is 2.40. The van der Waals surface area contributed by atoms with Gasteiger partial charge in [0.15, 0.2) is 11.6 Å². The summed E-state index contributed by atoms with van der Waals surface area (Å²) in [5.74, 6) is 4.18. The lowest BCUT2D eigenvalue weighted by Crippen LogP contribution is -2.38. The first-order valence-electron chi connectivity index (χ1n) is 6.47. The molecule has 0 aromatic carbocycles. The Kier molecular flexibility index (Phi) is 5.69. The van der Waals surface area contributed by atoms with Gasteiger partial charge < -0.3 is 10.7 Å². The molecule has 6 heteroatoms. The third kappa shape index (κ3) is 3.64. The molecule has 0 aliphatic heterocycles. The van der Waals surface area contributed by atoms with Gasteiger partial charge in [-0.05, 0) is 18.9 Å². The smallest absolute Gasteiger partial charge is 0.254 e. The molecule has 0 aliphatic carbocycles. The number of nitrogens with two attached hydrogens (primary N) is 1. The molecule has 0 saturated heterocycles. The Morgan fingerprint density at radius 3 is 2.63 bits per heavy atom. The molecule has 1 amide bonds. The molecule has 1 aromatic rings. The molecule has 0 spiro atoms. The predicted octanol–water partition coefficient (Wildman–Crippen LogP) is 2.06. The predicted molar refractivity (Wildman–Crippen MR) is 73.0 cm³/mol. The molecule has 0 bridgehead atoms. The molecule has 0 aliphatic rings. The van der Waals surface area contributed by atoms with Gasteiger partial charge in [-0.25, -0.2) is 15.2 Å². The van der Waals surface area contributed by atoms with E-state index in [4.69, 9.17) is 5.84 Å². The summed E-state index contributed by atoms with van der Waals surface area (Å²) in [4.78, 5) is 15.7. The van der Waals surface area contributed by atoms with Crippen LogP contribution in [0.3, 0.4) is 0 Å². The molecule has 0 saturated carbocycles. The van der Waals surface area contributed by atoms with E-state index in [9.17, 15) is 9.18 Å². The third-order valence-electron chi connectivity index (χ3n) is 3.39. The second-order valence-corrected chi connectivity index (χ2v) is 4.50. The van der Waals surface area contributed by atoms with Gasteiger partial charge in [0.2, 0.25) is 0 Å². The topological polar surface area (TPSA) is 80.0 Å². The monoisotopic (exact) mass is 268 g/mol. The molecule has 0 fully saturated rings. The molecule has 5 nitrogen and oxygen atoms in total. The quantitative estimate of drug-likeness (QED) is 0.545. The van der Waals surface area contributed by atoms with E-state index in [0.717, 1.165) is 12.8 Å². The summed E-state index contributed by atoms with van der Waals surface area (Å²) in [6.07, 6.45) is 3.27. The van der Waals surface area contributed by atoms with Crippen molar-refractivity contribution >= 4 is 11.7 Å². The minimum Gasteiger partial charge on any atom is -0.349 e. The number of rotatable bonds is 6. The van der Waals surface area contributed by atoms with Crippen molar-refractivity contribution in [3.8, 4) is 0 Å².